The van der Waals surface area contributed by atoms with E-state index < -0.39 is 0 Å². The van der Waals surface area contributed by atoms with Crippen LogP contribution in [0.25, 0.3) is 0 Å². The second-order valence-corrected chi connectivity index (χ2v) is 4.07. The Bertz CT molecular complexity index is 213. The van der Waals surface area contributed by atoms with Gasteiger partial charge in [-0.25, -0.2) is 0 Å². The molecule has 0 spiro atoms. The van der Waals surface area contributed by atoms with E-state index in [1.165, 1.54) is 0 Å². The van der Waals surface area contributed by atoms with Crippen LogP contribution in [-0.4, -0.2) is 47.7 Å². The van der Waals surface area contributed by atoms with Gasteiger partial charge in [0.2, 0.25) is 5.91 Å². The Labute approximate surface area is 91.6 Å². The van der Waals surface area contributed by atoms with Crippen molar-refractivity contribution in [2.45, 2.75) is 38.6 Å². The lowest BCUT2D eigenvalue weighted by atomic mass is 9.92. The van der Waals surface area contributed by atoms with Crippen LogP contribution >= 0.6 is 0 Å². The zero-order valence-electron chi connectivity index (χ0n) is 9.75. The highest BCUT2D eigenvalue weighted by molar-refractivity contribution is 5.86. The maximum atomic E-state index is 12.3. The van der Waals surface area contributed by atoms with E-state index in [1.54, 1.807) is 4.90 Å². The van der Waals surface area contributed by atoms with E-state index in [0.29, 0.717) is 13.1 Å². The highest BCUT2D eigenvalue weighted by Crippen LogP contribution is 2.25. The van der Waals surface area contributed by atoms with Crippen molar-refractivity contribution < 1.29 is 9.90 Å². The van der Waals surface area contributed by atoms with Gasteiger partial charge in [0.05, 0.1) is 12.1 Å². The van der Waals surface area contributed by atoms with Gasteiger partial charge in [-0.1, -0.05) is 6.92 Å². The number of nitrogens with one attached hydrogen (secondary N) is 1. The van der Waals surface area contributed by atoms with Gasteiger partial charge in [0, 0.05) is 13.1 Å². The van der Waals surface area contributed by atoms with Crippen molar-refractivity contribution in [3.05, 3.63) is 0 Å². The number of likely N-dealkylation sites (N-methyl/N-ethyl adjacent to an activating group) is 1. The fraction of sp³-hybridized carbons (Fsp3) is 0.909. The molecule has 4 nitrogen and oxygen atoms in total. The van der Waals surface area contributed by atoms with Crippen LogP contribution in [0.4, 0.5) is 0 Å². The normalized spacial score (nSPS) is 25.5. The third-order valence-electron chi connectivity index (χ3n) is 3.30. The fourth-order valence-electron chi connectivity index (χ4n) is 2.27. The van der Waals surface area contributed by atoms with Crippen molar-refractivity contribution >= 4 is 5.91 Å². The Morgan fingerprint density at radius 3 is 2.67 bits per heavy atom. The second kappa shape index (κ2) is 5.47. The van der Waals surface area contributed by atoms with Crippen LogP contribution in [0, 0.1) is 0 Å². The molecule has 1 aliphatic rings. The maximum absolute atomic E-state index is 12.3. The predicted molar refractivity (Wildman–Crippen MR) is 59.6 cm³/mol. The van der Waals surface area contributed by atoms with E-state index in [1.807, 2.05) is 13.8 Å². The molecule has 1 amide bonds. The van der Waals surface area contributed by atoms with Gasteiger partial charge in [-0.15, -0.1) is 0 Å². The number of carbonyl (C=O) groups is 1. The summed E-state index contributed by atoms with van der Waals surface area (Å²) in [5.41, 5.74) is -0.356. The van der Waals surface area contributed by atoms with Crippen LogP contribution in [0.15, 0.2) is 0 Å². The van der Waals surface area contributed by atoms with E-state index >= 15 is 0 Å². The summed E-state index contributed by atoms with van der Waals surface area (Å²) < 4.78 is 0. The zero-order chi connectivity index (χ0) is 11.3. The summed E-state index contributed by atoms with van der Waals surface area (Å²) in [5.74, 6) is 0.152. The van der Waals surface area contributed by atoms with Gasteiger partial charge in [-0.05, 0) is 32.7 Å². The fourth-order valence-corrected chi connectivity index (χ4v) is 2.27. The van der Waals surface area contributed by atoms with E-state index in [2.05, 4.69) is 5.32 Å². The summed E-state index contributed by atoms with van der Waals surface area (Å²) >= 11 is 0. The average Bonchev–Trinajstić information content (AvgIpc) is 2.74. The van der Waals surface area contributed by atoms with Crippen molar-refractivity contribution in [2.75, 3.05) is 26.2 Å². The number of hydrogen-bond acceptors (Lipinski definition) is 3. The molecular formula is C11H22N2O2. The largest absolute Gasteiger partial charge is 0.395 e. The monoisotopic (exact) mass is 214 g/mol. The highest BCUT2D eigenvalue weighted by Gasteiger charge is 2.41. The lowest BCUT2D eigenvalue weighted by Crippen LogP contribution is -2.55. The first-order valence-electron chi connectivity index (χ1n) is 5.85. The Kier molecular flexibility index (Phi) is 4.54. The molecule has 1 aliphatic heterocycles. The number of aliphatic hydroxyl groups excluding tert-OH is 1. The van der Waals surface area contributed by atoms with Crippen molar-refractivity contribution in [3.63, 3.8) is 0 Å². The molecule has 88 valence electrons. The smallest absolute Gasteiger partial charge is 0.242 e. The van der Waals surface area contributed by atoms with Gasteiger partial charge < -0.3 is 15.3 Å². The Morgan fingerprint density at radius 1 is 1.53 bits per heavy atom. The number of carbonyl (C=O) groups excluding carboxylic acids is 1. The summed E-state index contributed by atoms with van der Waals surface area (Å²) in [6.45, 7) is 6.08. The minimum absolute atomic E-state index is 0.0410. The van der Waals surface area contributed by atoms with Crippen LogP contribution in [0.5, 0.6) is 0 Å². The molecule has 0 radical (unpaired) electrons. The molecule has 1 saturated heterocycles. The zero-order valence-corrected chi connectivity index (χ0v) is 9.75. The van der Waals surface area contributed by atoms with Crippen LogP contribution in [0.3, 0.4) is 0 Å². The molecule has 1 fully saturated rings. The Balaban J connectivity index is 2.70. The third-order valence-corrected chi connectivity index (χ3v) is 3.30. The van der Waals surface area contributed by atoms with Crippen LogP contribution in [-0.2, 0) is 4.79 Å². The molecule has 0 aromatic carbocycles. The maximum Gasteiger partial charge on any atom is 0.242 e. The molecule has 0 aromatic heterocycles. The lowest BCUT2D eigenvalue weighted by Gasteiger charge is -2.33. The highest BCUT2D eigenvalue weighted by atomic mass is 16.3. The predicted octanol–water partition coefficient (Wildman–Crippen LogP) is 0.359. The average molecular weight is 214 g/mol. The molecule has 0 aliphatic carbocycles. The minimum Gasteiger partial charge on any atom is -0.395 e. The van der Waals surface area contributed by atoms with Gasteiger partial charge >= 0.3 is 0 Å². The quantitative estimate of drug-likeness (QED) is 0.695. The van der Waals surface area contributed by atoms with Crippen molar-refractivity contribution in [1.82, 2.24) is 10.2 Å². The molecule has 1 rings (SSSR count). The van der Waals surface area contributed by atoms with Gasteiger partial charge in [0.15, 0.2) is 0 Å². The SMILES string of the molecule is CCN(CCO)C(=O)C1(CC)CCCN1. The number of amides is 1. The number of hydrogen-bond donors (Lipinski definition) is 2. The van der Waals surface area contributed by atoms with E-state index in [9.17, 15) is 4.79 Å². The van der Waals surface area contributed by atoms with E-state index in [-0.39, 0.29) is 18.1 Å². The first-order chi connectivity index (χ1) is 7.20. The molecule has 0 saturated carbocycles. The van der Waals surface area contributed by atoms with Crippen molar-refractivity contribution in [3.8, 4) is 0 Å². The molecule has 1 unspecified atom stereocenters. The molecule has 0 bridgehead atoms. The molecule has 4 heteroatoms. The third kappa shape index (κ3) is 2.49. The lowest BCUT2D eigenvalue weighted by molar-refractivity contribution is -0.138. The van der Waals surface area contributed by atoms with Gasteiger partial charge in [0.1, 0.15) is 0 Å². The van der Waals surface area contributed by atoms with Gasteiger partial charge in [-0.2, -0.15) is 0 Å². The number of aliphatic hydroxyl groups is 1. The molecule has 0 aromatic rings. The standard InChI is InChI=1S/C11H22N2O2/c1-3-11(6-5-7-12-11)10(15)13(4-2)8-9-14/h12,14H,3-9H2,1-2H3. The summed E-state index contributed by atoms with van der Waals surface area (Å²) in [4.78, 5) is 14.0. The van der Waals surface area contributed by atoms with E-state index in [4.69, 9.17) is 5.11 Å². The Morgan fingerprint density at radius 2 is 2.27 bits per heavy atom. The summed E-state index contributed by atoms with van der Waals surface area (Å²) in [7, 11) is 0. The summed E-state index contributed by atoms with van der Waals surface area (Å²) in [5, 5.41) is 12.2. The van der Waals surface area contributed by atoms with Gasteiger partial charge in [0.25, 0.3) is 0 Å². The molecule has 1 heterocycles. The topological polar surface area (TPSA) is 52.6 Å². The van der Waals surface area contributed by atoms with E-state index in [0.717, 1.165) is 25.8 Å². The van der Waals surface area contributed by atoms with Crippen LogP contribution in [0.1, 0.15) is 33.1 Å². The summed E-state index contributed by atoms with van der Waals surface area (Å²) in [6, 6.07) is 0. The molecular weight excluding hydrogens is 192 g/mol. The Hall–Kier alpha value is -0.610. The number of nitrogens with zero attached hydrogens (tertiary/aromatic N) is 1. The first-order valence-corrected chi connectivity index (χ1v) is 5.85. The van der Waals surface area contributed by atoms with Crippen molar-refractivity contribution in [1.29, 1.82) is 0 Å². The molecule has 15 heavy (non-hydrogen) atoms. The van der Waals surface area contributed by atoms with Crippen molar-refractivity contribution in [2.24, 2.45) is 0 Å². The molecule has 2 N–H and O–H groups in total. The summed E-state index contributed by atoms with van der Waals surface area (Å²) in [6.07, 6.45) is 2.81. The first kappa shape index (κ1) is 12.5. The van der Waals surface area contributed by atoms with Gasteiger partial charge in [-0.3, -0.25) is 4.79 Å². The molecule has 1 atom stereocenters. The van der Waals surface area contributed by atoms with Crippen LogP contribution in [0.2, 0.25) is 0 Å². The van der Waals surface area contributed by atoms with Crippen LogP contribution < -0.4 is 5.32 Å². The number of rotatable bonds is 5. The second-order valence-electron chi connectivity index (χ2n) is 4.07. The minimum atomic E-state index is -0.356.